The molecule has 0 aromatic rings. The molecule has 0 aromatic heterocycles. The third-order valence-electron chi connectivity index (χ3n) is 2.86. The van der Waals surface area contributed by atoms with Crippen LogP contribution in [0.3, 0.4) is 0 Å². The molecule has 6 nitrogen and oxygen atoms in total. The van der Waals surface area contributed by atoms with Crippen LogP contribution in [-0.4, -0.2) is 63.0 Å². The van der Waals surface area contributed by atoms with Crippen molar-refractivity contribution in [1.82, 2.24) is 10.2 Å². The molecule has 100 valence electrons. The second kappa shape index (κ2) is 6.32. The zero-order valence-corrected chi connectivity index (χ0v) is 11.0. The quantitative estimate of drug-likeness (QED) is 0.613. The van der Waals surface area contributed by atoms with Gasteiger partial charge in [-0.3, -0.25) is 9.69 Å². The van der Waals surface area contributed by atoms with Crippen molar-refractivity contribution in [3.05, 3.63) is 0 Å². The Balaban J connectivity index is 2.34. The minimum absolute atomic E-state index is 0.0712. The lowest BCUT2D eigenvalue weighted by Crippen LogP contribution is -2.43. The number of nitrogens with two attached hydrogens (primary N) is 1. The highest BCUT2D eigenvalue weighted by Crippen LogP contribution is 2.10. The molecule has 0 spiro atoms. The molecule has 17 heavy (non-hydrogen) atoms. The van der Waals surface area contributed by atoms with Crippen LogP contribution in [0.25, 0.3) is 0 Å². The second-order valence-corrected chi connectivity index (χ2v) is 6.55. The first-order chi connectivity index (χ1) is 7.96. The predicted octanol–water partition coefficient (Wildman–Crippen LogP) is -1.43. The van der Waals surface area contributed by atoms with Crippen LogP contribution in [0.2, 0.25) is 0 Å². The van der Waals surface area contributed by atoms with Gasteiger partial charge in [0.2, 0.25) is 5.91 Å². The summed E-state index contributed by atoms with van der Waals surface area (Å²) in [6, 6.07) is -0.218. The standard InChI is InChI=1S/C10H21N3O3S/c1-2-13(5-4-11)7-10(14)12-9-3-6-17(15,16)8-9/h9H,2-8,11H2,1H3,(H,12,14). The molecule has 0 saturated carbocycles. The molecule has 1 amide bonds. The van der Waals surface area contributed by atoms with Crippen LogP contribution >= 0.6 is 0 Å². The summed E-state index contributed by atoms with van der Waals surface area (Å²) >= 11 is 0. The Morgan fingerprint density at radius 1 is 1.53 bits per heavy atom. The highest BCUT2D eigenvalue weighted by molar-refractivity contribution is 7.91. The van der Waals surface area contributed by atoms with Gasteiger partial charge in [-0.05, 0) is 13.0 Å². The smallest absolute Gasteiger partial charge is 0.234 e. The van der Waals surface area contributed by atoms with Gasteiger partial charge in [-0.25, -0.2) is 8.42 Å². The predicted molar refractivity (Wildman–Crippen MR) is 66.4 cm³/mol. The summed E-state index contributed by atoms with van der Waals surface area (Å²) in [4.78, 5) is 13.6. The number of hydrogen-bond donors (Lipinski definition) is 2. The van der Waals surface area contributed by atoms with Crippen LogP contribution in [0.5, 0.6) is 0 Å². The van der Waals surface area contributed by atoms with E-state index in [1.807, 2.05) is 11.8 Å². The summed E-state index contributed by atoms with van der Waals surface area (Å²) in [5.41, 5.74) is 5.43. The van der Waals surface area contributed by atoms with Gasteiger partial charge in [-0.1, -0.05) is 6.92 Å². The summed E-state index contributed by atoms with van der Waals surface area (Å²) in [6.45, 7) is 4.19. The van der Waals surface area contributed by atoms with Gasteiger partial charge in [-0.2, -0.15) is 0 Å². The maximum Gasteiger partial charge on any atom is 0.234 e. The molecule has 0 radical (unpaired) electrons. The van der Waals surface area contributed by atoms with E-state index in [0.717, 1.165) is 6.54 Å². The van der Waals surface area contributed by atoms with Gasteiger partial charge in [0.1, 0.15) is 0 Å². The first-order valence-corrected chi connectivity index (χ1v) is 7.71. The molecular formula is C10H21N3O3S. The second-order valence-electron chi connectivity index (χ2n) is 4.32. The topological polar surface area (TPSA) is 92.5 Å². The van der Waals surface area contributed by atoms with Crippen LogP contribution in [0.1, 0.15) is 13.3 Å². The summed E-state index contributed by atoms with van der Waals surface area (Å²) in [6.07, 6.45) is 0.525. The van der Waals surface area contributed by atoms with Crippen molar-refractivity contribution < 1.29 is 13.2 Å². The summed E-state index contributed by atoms with van der Waals surface area (Å²) in [5, 5.41) is 2.76. The molecule has 1 fully saturated rings. The highest BCUT2D eigenvalue weighted by Gasteiger charge is 2.28. The van der Waals surface area contributed by atoms with E-state index < -0.39 is 9.84 Å². The monoisotopic (exact) mass is 263 g/mol. The van der Waals surface area contributed by atoms with Gasteiger partial charge < -0.3 is 11.1 Å². The first kappa shape index (κ1) is 14.4. The molecule has 1 aliphatic heterocycles. The molecule has 1 atom stereocenters. The summed E-state index contributed by atoms with van der Waals surface area (Å²) in [5.74, 6) is 0.127. The minimum Gasteiger partial charge on any atom is -0.351 e. The molecule has 1 heterocycles. The number of carbonyl (C=O) groups is 1. The lowest BCUT2D eigenvalue weighted by Gasteiger charge is -2.20. The van der Waals surface area contributed by atoms with Crippen molar-refractivity contribution in [1.29, 1.82) is 0 Å². The van der Waals surface area contributed by atoms with E-state index >= 15 is 0 Å². The molecule has 1 saturated heterocycles. The number of nitrogens with one attached hydrogen (secondary N) is 1. The average Bonchev–Trinajstić information content (AvgIpc) is 2.57. The Labute approximate surface area is 102 Å². The van der Waals surface area contributed by atoms with E-state index in [0.29, 0.717) is 19.5 Å². The first-order valence-electron chi connectivity index (χ1n) is 5.89. The zero-order valence-electron chi connectivity index (χ0n) is 10.2. The molecule has 0 aromatic carbocycles. The molecule has 7 heteroatoms. The van der Waals surface area contributed by atoms with Gasteiger partial charge in [0.05, 0.1) is 18.1 Å². The maximum absolute atomic E-state index is 11.7. The van der Waals surface area contributed by atoms with Crippen LogP contribution in [-0.2, 0) is 14.6 Å². The fraction of sp³-hybridized carbons (Fsp3) is 0.900. The Hall–Kier alpha value is -0.660. The number of rotatable bonds is 6. The molecule has 1 aliphatic rings. The van der Waals surface area contributed by atoms with Gasteiger partial charge in [0, 0.05) is 19.1 Å². The Morgan fingerprint density at radius 3 is 2.71 bits per heavy atom. The largest absolute Gasteiger partial charge is 0.351 e. The van der Waals surface area contributed by atoms with Crippen LogP contribution in [0, 0.1) is 0 Å². The minimum atomic E-state index is -2.93. The van der Waals surface area contributed by atoms with Crippen molar-refractivity contribution in [3.8, 4) is 0 Å². The number of hydrogen-bond acceptors (Lipinski definition) is 5. The van der Waals surface area contributed by atoms with Gasteiger partial charge in [0.25, 0.3) is 0 Å². The van der Waals surface area contributed by atoms with Gasteiger partial charge >= 0.3 is 0 Å². The van der Waals surface area contributed by atoms with E-state index in [4.69, 9.17) is 5.73 Å². The Bertz CT molecular complexity index is 356. The van der Waals surface area contributed by atoms with Gasteiger partial charge in [-0.15, -0.1) is 0 Å². The van der Waals surface area contributed by atoms with E-state index in [9.17, 15) is 13.2 Å². The van der Waals surface area contributed by atoms with Crippen molar-refractivity contribution in [3.63, 3.8) is 0 Å². The third-order valence-corrected chi connectivity index (χ3v) is 4.63. The normalized spacial score (nSPS) is 22.9. The van der Waals surface area contributed by atoms with Crippen LogP contribution < -0.4 is 11.1 Å². The average molecular weight is 263 g/mol. The van der Waals surface area contributed by atoms with Crippen LogP contribution in [0.4, 0.5) is 0 Å². The van der Waals surface area contributed by atoms with Crippen molar-refractivity contribution >= 4 is 15.7 Å². The number of amides is 1. The molecular weight excluding hydrogens is 242 g/mol. The van der Waals surface area contributed by atoms with Crippen LogP contribution in [0.15, 0.2) is 0 Å². The summed E-state index contributed by atoms with van der Waals surface area (Å²) < 4.78 is 22.5. The molecule has 0 aliphatic carbocycles. The van der Waals surface area contributed by atoms with Crippen molar-refractivity contribution in [2.24, 2.45) is 5.73 Å². The molecule has 1 unspecified atom stereocenters. The van der Waals surface area contributed by atoms with Gasteiger partial charge in [0.15, 0.2) is 9.84 Å². The van der Waals surface area contributed by atoms with E-state index in [1.165, 1.54) is 0 Å². The van der Waals surface area contributed by atoms with E-state index in [2.05, 4.69) is 5.32 Å². The lowest BCUT2D eigenvalue weighted by atomic mass is 10.2. The van der Waals surface area contributed by atoms with E-state index in [1.54, 1.807) is 0 Å². The van der Waals surface area contributed by atoms with Crippen molar-refractivity contribution in [2.45, 2.75) is 19.4 Å². The number of carbonyl (C=O) groups excluding carboxylic acids is 1. The lowest BCUT2D eigenvalue weighted by molar-refractivity contribution is -0.122. The Morgan fingerprint density at radius 2 is 2.24 bits per heavy atom. The zero-order chi connectivity index (χ0) is 12.9. The third kappa shape index (κ3) is 5.01. The fourth-order valence-corrected chi connectivity index (χ4v) is 3.59. The highest BCUT2D eigenvalue weighted by atomic mass is 32.2. The SMILES string of the molecule is CCN(CCN)CC(=O)NC1CCS(=O)(=O)C1. The Kier molecular flexibility index (Phi) is 5.35. The number of nitrogens with zero attached hydrogens (tertiary/aromatic N) is 1. The van der Waals surface area contributed by atoms with E-state index in [-0.39, 0.29) is 30.0 Å². The maximum atomic E-state index is 11.7. The van der Waals surface area contributed by atoms with Crippen molar-refractivity contribution in [2.75, 3.05) is 37.7 Å². The summed E-state index contributed by atoms with van der Waals surface area (Å²) in [7, 11) is -2.93. The number of sulfone groups is 1. The molecule has 1 rings (SSSR count). The molecule has 3 N–H and O–H groups in total. The molecule has 0 bridgehead atoms. The number of likely N-dealkylation sites (N-methyl/N-ethyl adjacent to an activating group) is 1. The fourth-order valence-electron chi connectivity index (χ4n) is 1.92.